The molecule has 1 saturated carbocycles. The fraction of sp³-hybridized carbons (Fsp3) is 0.741. The Kier molecular flexibility index (Phi) is 16.6. The summed E-state index contributed by atoms with van der Waals surface area (Å²) in [7, 11) is -0.227. The van der Waals surface area contributed by atoms with Crippen LogP contribution in [0, 0.1) is 35.5 Å². The van der Waals surface area contributed by atoms with Crippen LogP contribution in [-0.2, 0) is 47.6 Å². The second kappa shape index (κ2) is 27.3. The number of carbonyl (C=O) groups is 4. The van der Waals surface area contributed by atoms with Gasteiger partial charge in [0.15, 0.2) is 0 Å². The molecule has 0 spiro atoms. The van der Waals surface area contributed by atoms with Crippen molar-refractivity contribution < 1.29 is 79.4 Å². The van der Waals surface area contributed by atoms with E-state index in [4.69, 9.17) is 44.9 Å². The van der Waals surface area contributed by atoms with Crippen LogP contribution >= 0.6 is 0 Å². The van der Waals surface area contributed by atoms with E-state index in [-0.39, 0.29) is 68.4 Å². The molecule has 384 valence electrons. The number of amides is 1. The number of rotatable bonds is 9. The molecule has 3 aliphatic heterocycles. The first-order valence-corrected chi connectivity index (χ1v) is 24.0. The standard InChI is InChI=1S/C54H85NO13/c1-33-17-13-12-14-18-34(2)46(63-9)31-42-22-20-39(7)54(62,68-42)51(59)52(60)55-24-16-15-19-43(55)53(61)67-47(37(5)29-41-21-23-45(66-26-25-56)48(30-41)64-10)32-44(57)36(4)28-38(6)49(58)50(65-11)40(8)35(3)27-33/h12-14,17-18,28,33,35-37,39,41-43,45-50,56,58,62H,8,15-16,19-27,29-32H2,1-7,9-11H3/b14-12?,17-13+,34-18?,38-28+/t33-,35-,36-,37-,39-,41+,42+,43+,45-,46+,47+,48-,49-,50+,54-/m1/s1/i4D3,9D3,20D2,25D2,26D2. The first-order chi connectivity index (χ1) is 36.8. The second-order valence-corrected chi connectivity index (χ2v) is 19.3. The van der Waals surface area contributed by atoms with Crippen molar-refractivity contribution >= 4 is 23.4 Å². The summed E-state index contributed by atoms with van der Waals surface area (Å²) in [4.78, 5) is 59.3. The third-order valence-corrected chi connectivity index (χ3v) is 14.2. The zero-order valence-corrected chi connectivity index (χ0v) is 41.1. The van der Waals surface area contributed by atoms with Crippen LogP contribution in [0.25, 0.3) is 0 Å². The smallest absolute Gasteiger partial charge is 0.329 e. The Labute approximate surface area is 423 Å². The molecule has 1 aliphatic carbocycles. The Balaban J connectivity index is 1.83. The number of ether oxygens (including phenoxy) is 6. The van der Waals surface area contributed by atoms with Crippen molar-refractivity contribution in [1.82, 2.24) is 4.90 Å². The SMILES string of the molecule is [2H]C([2H])([2H])O[C@H]1C[C@@H]2CC([2H])([2H])[C@@H](C)[C@@](O)(O2)C(=O)C(=O)N2CCCC[C@H]2C(=O)O[C@H]([C@H](C)C[C@@H]2CC[C@@H](OC([2H])([2H])C([2H])([2H])O)[C@H](OC)C2)CC(=O)[C@H](C([2H])([2H])[2H])/C=C(\C)[C@@H](O)[C@@H](OC)C(=C)[C@H](C)C[C@H](C)/C=C/C=CC=C1C. The van der Waals surface area contributed by atoms with Crippen molar-refractivity contribution in [3.05, 3.63) is 59.8 Å². The molecule has 3 fully saturated rings. The number of nitrogens with zero attached hydrogens (tertiary/aromatic N) is 1. The number of cyclic esters (lactones) is 1. The predicted octanol–water partition coefficient (Wildman–Crippen LogP) is 7.18. The van der Waals surface area contributed by atoms with Crippen LogP contribution in [0.2, 0.25) is 0 Å². The summed E-state index contributed by atoms with van der Waals surface area (Å²) in [5.74, 6) is -13.0. The van der Waals surface area contributed by atoms with Crippen molar-refractivity contribution in [2.24, 2.45) is 35.5 Å². The van der Waals surface area contributed by atoms with Gasteiger partial charge >= 0.3 is 5.97 Å². The van der Waals surface area contributed by atoms with Crippen molar-refractivity contribution in [3.63, 3.8) is 0 Å². The van der Waals surface area contributed by atoms with Gasteiger partial charge in [-0.1, -0.05) is 77.6 Å². The monoisotopic (exact) mass is 968 g/mol. The number of fused-ring (bicyclic) bond motifs is 3. The van der Waals surface area contributed by atoms with Crippen LogP contribution in [0.5, 0.6) is 0 Å². The van der Waals surface area contributed by atoms with Gasteiger partial charge in [0.1, 0.15) is 30.1 Å². The maximum atomic E-state index is 14.7. The van der Waals surface area contributed by atoms with Crippen LogP contribution < -0.4 is 0 Å². The van der Waals surface area contributed by atoms with Crippen LogP contribution in [-0.4, -0.2) is 139 Å². The lowest BCUT2D eigenvalue weighted by Gasteiger charge is -2.42. The number of hydrogen-bond donors (Lipinski definition) is 3. The number of hydrogen-bond acceptors (Lipinski definition) is 13. The summed E-state index contributed by atoms with van der Waals surface area (Å²) < 4.78 is 133. The van der Waals surface area contributed by atoms with Crippen LogP contribution in [0.15, 0.2) is 59.8 Å². The van der Waals surface area contributed by atoms with Gasteiger partial charge in [-0.15, -0.1) is 0 Å². The number of ketones is 2. The van der Waals surface area contributed by atoms with Gasteiger partial charge < -0.3 is 48.6 Å². The number of allylic oxidation sites excluding steroid dienone is 6. The molecule has 2 saturated heterocycles. The summed E-state index contributed by atoms with van der Waals surface area (Å²) >= 11 is 0. The zero-order valence-electron chi connectivity index (χ0n) is 53.1. The molecule has 14 nitrogen and oxygen atoms in total. The van der Waals surface area contributed by atoms with Gasteiger partial charge in [-0.05, 0) is 118 Å². The summed E-state index contributed by atoms with van der Waals surface area (Å²) in [6, 6.07) is -1.50. The van der Waals surface area contributed by atoms with Gasteiger partial charge in [-0.2, -0.15) is 0 Å². The molecule has 0 aromatic carbocycles. The fourth-order valence-electron chi connectivity index (χ4n) is 9.84. The molecular formula is C54H85NO13. The van der Waals surface area contributed by atoms with Crippen molar-refractivity contribution in [1.29, 1.82) is 0 Å². The molecule has 0 unspecified atom stereocenters. The molecule has 0 aromatic rings. The third-order valence-electron chi connectivity index (χ3n) is 14.2. The topological polar surface area (TPSA) is 188 Å². The molecule has 4 aliphatic rings. The summed E-state index contributed by atoms with van der Waals surface area (Å²) in [5, 5.41) is 33.7. The Hall–Kier alpha value is -3.34. The maximum Gasteiger partial charge on any atom is 0.329 e. The van der Waals surface area contributed by atoms with Crippen LogP contribution in [0.1, 0.15) is 142 Å². The van der Waals surface area contributed by atoms with E-state index in [0.717, 1.165) is 11.0 Å². The molecule has 3 N–H and O–H groups in total. The van der Waals surface area contributed by atoms with Crippen LogP contribution in [0.4, 0.5) is 0 Å². The number of Topliss-reactive ketones (excluding diaryl/α,β-unsaturated/α-hetero) is 2. The van der Waals surface area contributed by atoms with Gasteiger partial charge in [0.2, 0.25) is 5.79 Å². The van der Waals surface area contributed by atoms with E-state index in [9.17, 15) is 34.5 Å². The summed E-state index contributed by atoms with van der Waals surface area (Å²) in [5.41, 5.74) is 0.949. The number of aliphatic hydroxyl groups is 3. The van der Waals surface area contributed by atoms with E-state index in [1.54, 1.807) is 38.2 Å². The molecule has 14 heteroatoms. The van der Waals surface area contributed by atoms with Gasteiger partial charge in [-0.3, -0.25) is 14.4 Å². The molecule has 0 aromatic heterocycles. The Morgan fingerprint density at radius 3 is 2.44 bits per heavy atom. The van der Waals surface area contributed by atoms with E-state index in [0.29, 0.717) is 30.4 Å². The average molecular weight is 968 g/mol. The van der Waals surface area contributed by atoms with E-state index in [1.807, 2.05) is 19.9 Å². The van der Waals surface area contributed by atoms with Gasteiger partial charge in [0.05, 0.1) is 47.1 Å². The van der Waals surface area contributed by atoms with Crippen molar-refractivity contribution in [3.8, 4) is 0 Å². The van der Waals surface area contributed by atoms with Gasteiger partial charge in [-0.25, -0.2) is 4.79 Å². The third kappa shape index (κ3) is 15.3. The average Bonchev–Trinajstić information content (AvgIpc) is 3.34. The summed E-state index contributed by atoms with van der Waals surface area (Å²) in [6.45, 7) is 4.34. The first-order valence-electron chi connectivity index (χ1n) is 30.0. The second-order valence-electron chi connectivity index (χ2n) is 19.3. The number of piperidine rings is 1. The molecule has 4 rings (SSSR count). The van der Waals surface area contributed by atoms with Gasteiger partial charge in [0, 0.05) is 59.3 Å². The highest BCUT2D eigenvalue weighted by molar-refractivity contribution is 6.39. The molecule has 2 bridgehead atoms. The molecule has 15 atom stereocenters. The van der Waals surface area contributed by atoms with E-state index < -0.39 is 142 Å². The number of carbonyl (C=O) groups excluding carboxylic acids is 4. The number of aliphatic hydroxyl groups excluding tert-OH is 1. The van der Waals surface area contributed by atoms with E-state index >= 15 is 0 Å². The number of esters is 1. The number of methoxy groups -OCH3 is 3. The molecule has 0 radical (unpaired) electrons. The highest BCUT2D eigenvalue weighted by Crippen LogP contribution is 2.38. The Morgan fingerprint density at radius 1 is 0.985 bits per heavy atom. The lowest BCUT2D eigenvalue weighted by molar-refractivity contribution is -0.265. The minimum absolute atomic E-state index is 0.0603. The van der Waals surface area contributed by atoms with E-state index in [1.165, 1.54) is 28.1 Å². The molecule has 68 heavy (non-hydrogen) atoms. The predicted molar refractivity (Wildman–Crippen MR) is 260 cm³/mol. The Bertz CT molecular complexity index is 2280. The minimum Gasteiger partial charge on any atom is -0.460 e. The highest BCUT2D eigenvalue weighted by atomic mass is 16.6. The van der Waals surface area contributed by atoms with Gasteiger partial charge in [0.25, 0.3) is 11.7 Å². The molecule has 3 heterocycles. The van der Waals surface area contributed by atoms with E-state index in [2.05, 4.69) is 6.58 Å². The highest BCUT2D eigenvalue weighted by Gasteiger charge is 2.53. The lowest BCUT2D eigenvalue weighted by Crippen LogP contribution is -2.61. The fourth-order valence-corrected chi connectivity index (χ4v) is 9.84. The normalized spacial score (nSPS) is 42.1. The summed E-state index contributed by atoms with van der Waals surface area (Å²) in [6.07, 6.45) is -0.451. The van der Waals surface area contributed by atoms with Crippen molar-refractivity contribution in [2.75, 3.05) is 40.9 Å². The largest absolute Gasteiger partial charge is 0.460 e. The molecule has 1 amide bonds. The first kappa shape index (κ1) is 41.3. The minimum atomic E-state index is -3.34. The maximum absolute atomic E-state index is 14.7. The Morgan fingerprint density at radius 2 is 1.75 bits per heavy atom. The molecular weight excluding hydrogens is 871 g/mol. The quantitative estimate of drug-likeness (QED) is 0.120. The van der Waals surface area contributed by atoms with Crippen molar-refractivity contribution in [2.45, 2.75) is 180 Å². The lowest BCUT2D eigenvalue weighted by atomic mass is 9.78. The van der Waals surface area contributed by atoms with Crippen LogP contribution in [0.3, 0.4) is 0 Å². The zero-order chi connectivity index (χ0) is 60.7.